The minimum absolute atomic E-state index is 0.231. The number of nitrogens with one attached hydrogen (secondary N) is 2. The van der Waals surface area contributed by atoms with E-state index < -0.39 is 0 Å². The van der Waals surface area contributed by atoms with E-state index in [0.717, 1.165) is 17.7 Å². The monoisotopic (exact) mass is 333 g/mol. The van der Waals surface area contributed by atoms with Crippen LogP contribution in [-0.2, 0) is 6.42 Å². The van der Waals surface area contributed by atoms with Gasteiger partial charge < -0.3 is 10.6 Å². The molecule has 2 aromatic carbocycles. The minimum atomic E-state index is -0.231. The van der Waals surface area contributed by atoms with Gasteiger partial charge in [-0.1, -0.05) is 12.1 Å². The summed E-state index contributed by atoms with van der Waals surface area (Å²) in [5, 5.41) is 15.2. The smallest absolute Gasteiger partial charge is 0.135 e. The van der Waals surface area contributed by atoms with Crippen LogP contribution in [0.15, 0.2) is 60.9 Å². The molecule has 5 nitrogen and oxygen atoms in total. The maximum absolute atomic E-state index is 12.9. The summed E-state index contributed by atoms with van der Waals surface area (Å²) in [7, 11) is 0. The minimum Gasteiger partial charge on any atom is -0.370 e. The molecule has 0 aliphatic rings. The summed E-state index contributed by atoms with van der Waals surface area (Å²) >= 11 is 0. The molecule has 0 fully saturated rings. The van der Waals surface area contributed by atoms with E-state index in [-0.39, 0.29) is 5.82 Å². The molecule has 25 heavy (non-hydrogen) atoms. The van der Waals surface area contributed by atoms with Gasteiger partial charge in [0.1, 0.15) is 23.8 Å². The van der Waals surface area contributed by atoms with Crippen molar-refractivity contribution in [2.75, 3.05) is 17.2 Å². The van der Waals surface area contributed by atoms with Crippen LogP contribution in [0.1, 0.15) is 11.1 Å². The first-order valence-corrected chi connectivity index (χ1v) is 7.80. The molecule has 2 N–H and O–H groups in total. The highest BCUT2D eigenvalue weighted by molar-refractivity contribution is 5.59. The Balaban J connectivity index is 1.57. The number of halogens is 1. The molecule has 1 aromatic heterocycles. The molecule has 0 aliphatic heterocycles. The molecule has 0 unspecified atom stereocenters. The molecular formula is C19H16FN5. The molecule has 3 rings (SSSR count). The van der Waals surface area contributed by atoms with E-state index in [2.05, 4.69) is 26.7 Å². The number of aromatic nitrogens is 2. The van der Waals surface area contributed by atoms with E-state index >= 15 is 0 Å². The van der Waals surface area contributed by atoms with Crippen LogP contribution >= 0.6 is 0 Å². The normalized spacial score (nSPS) is 10.1. The lowest BCUT2D eigenvalue weighted by Crippen LogP contribution is -2.07. The molecule has 0 bridgehead atoms. The highest BCUT2D eigenvalue weighted by Gasteiger charge is 2.01. The van der Waals surface area contributed by atoms with Gasteiger partial charge in [0.2, 0.25) is 0 Å². The number of hydrogen-bond donors (Lipinski definition) is 2. The predicted molar refractivity (Wildman–Crippen MR) is 95.1 cm³/mol. The van der Waals surface area contributed by atoms with Gasteiger partial charge in [-0.15, -0.1) is 0 Å². The zero-order chi connectivity index (χ0) is 17.5. The van der Waals surface area contributed by atoms with Gasteiger partial charge in [-0.05, 0) is 48.4 Å². The Kier molecular flexibility index (Phi) is 5.17. The number of nitriles is 1. The molecule has 124 valence electrons. The van der Waals surface area contributed by atoms with Crippen molar-refractivity contribution in [1.29, 1.82) is 5.26 Å². The van der Waals surface area contributed by atoms with Gasteiger partial charge in [-0.2, -0.15) is 5.26 Å². The Morgan fingerprint density at radius 3 is 2.40 bits per heavy atom. The number of hydrogen-bond acceptors (Lipinski definition) is 5. The second-order valence-corrected chi connectivity index (χ2v) is 5.41. The lowest BCUT2D eigenvalue weighted by molar-refractivity contribution is 0.627. The van der Waals surface area contributed by atoms with E-state index in [9.17, 15) is 4.39 Å². The predicted octanol–water partition coefficient (Wildman–Crippen LogP) is 3.89. The molecule has 1 heterocycles. The van der Waals surface area contributed by atoms with Crippen LogP contribution in [0.2, 0.25) is 0 Å². The van der Waals surface area contributed by atoms with Crippen molar-refractivity contribution in [3.63, 3.8) is 0 Å². The average Bonchev–Trinajstić information content (AvgIpc) is 2.64. The molecule has 0 saturated carbocycles. The third kappa shape index (κ3) is 4.75. The molecule has 0 saturated heterocycles. The molecular weight excluding hydrogens is 317 g/mol. The van der Waals surface area contributed by atoms with Crippen LogP contribution in [0.5, 0.6) is 0 Å². The quantitative estimate of drug-likeness (QED) is 0.716. The first-order chi connectivity index (χ1) is 12.2. The molecule has 0 aliphatic carbocycles. The van der Waals surface area contributed by atoms with E-state index in [0.29, 0.717) is 23.7 Å². The van der Waals surface area contributed by atoms with Crippen molar-refractivity contribution in [3.8, 4) is 6.07 Å². The molecule has 6 heteroatoms. The molecule has 0 radical (unpaired) electrons. The Labute approximate surface area is 145 Å². The van der Waals surface area contributed by atoms with Crippen molar-refractivity contribution >= 4 is 17.3 Å². The van der Waals surface area contributed by atoms with Crippen molar-refractivity contribution in [2.45, 2.75) is 6.42 Å². The van der Waals surface area contributed by atoms with E-state index in [1.54, 1.807) is 24.3 Å². The van der Waals surface area contributed by atoms with Gasteiger partial charge >= 0.3 is 0 Å². The topological polar surface area (TPSA) is 73.6 Å². The van der Waals surface area contributed by atoms with Gasteiger partial charge in [0, 0.05) is 18.3 Å². The second kappa shape index (κ2) is 7.88. The fourth-order valence-corrected chi connectivity index (χ4v) is 2.28. The largest absolute Gasteiger partial charge is 0.370 e. The number of rotatable bonds is 6. The zero-order valence-corrected chi connectivity index (χ0v) is 13.4. The second-order valence-electron chi connectivity index (χ2n) is 5.41. The first-order valence-electron chi connectivity index (χ1n) is 7.80. The summed E-state index contributed by atoms with van der Waals surface area (Å²) in [5.41, 5.74) is 2.50. The maximum Gasteiger partial charge on any atom is 0.135 e. The molecule has 3 aromatic rings. The summed E-state index contributed by atoms with van der Waals surface area (Å²) in [6, 6.07) is 17.5. The zero-order valence-electron chi connectivity index (χ0n) is 13.4. The Morgan fingerprint density at radius 1 is 0.960 bits per heavy atom. The van der Waals surface area contributed by atoms with Crippen LogP contribution in [0.4, 0.5) is 21.7 Å². The van der Waals surface area contributed by atoms with Crippen LogP contribution < -0.4 is 10.6 Å². The highest BCUT2D eigenvalue weighted by Crippen LogP contribution is 2.16. The summed E-state index contributed by atoms with van der Waals surface area (Å²) in [6.07, 6.45) is 2.24. The van der Waals surface area contributed by atoms with E-state index in [1.165, 1.54) is 18.5 Å². The lowest BCUT2D eigenvalue weighted by atomic mass is 10.1. The van der Waals surface area contributed by atoms with Crippen LogP contribution in [0.25, 0.3) is 0 Å². The van der Waals surface area contributed by atoms with E-state index in [4.69, 9.17) is 5.26 Å². The standard InChI is InChI=1S/C19H16FN5/c20-16-5-1-14(2-6-16)9-10-22-18-11-19(24-13-23-18)25-17-7-3-15(12-21)4-8-17/h1-8,11,13H,9-10H2,(H2,22,23,24,25). The lowest BCUT2D eigenvalue weighted by Gasteiger charge is -2.09. The van der Waals surface area contributed by atoms with Crippen molar-refractivity contribution in [2.24, 2.45) is 0 Å². The third-order valence-electron chi connectivity index (χ3n) is 3.59. The van der Waals surface area contributed by atoms with Gasteiger partial charge in [-0.25, -0.2) is 14.4 Å². The number of nitrogens with zero attached hydrogens (tertiary/aromatic N) is 3. The van der Waals surface area contributed by atoms with Crippen LogP contribution in [-0.4, -0.2) is 16.5 Å². The Morgan fingerprint density at radius 2 is 1.68 bits per heavy atom. The molecule has 0 amide bonds. The molecule has 0 spiro atoms. The summed E-state index contributed by atoms with van der Waals surface area (Å²) in [5.74, 6) is 1.13. The van der Waals surface area contributed by atoms with Gasteiger partial charge in [0.25, 0.3) is 0 Å². The van der Waals surface area contributed by atoms with Crippen LogP contribution in [0, 0.1) is 17.1 Å². The van der Waals surface area contributed by atoms with E-state index in [1.807, 2.05) is 18.2 Å². The van der Waals surface area contributed by atoms with Gasteiger partial charge in [-0.3, -0.25) is 0 Å². The van der Waals surface area contributed by atoms with Crippen LogP contribution in [0.3, 0.4) is 0 Å². The number of anilines is 3. The highest BCUT2D eigenvalue weighted by atomic mass is 19.1. The van der Waals surface area contributed by atoms with Crippen molar-refractivity contribution < 1.29 is 4.39 Å². The fraction of sp³-hybridized carbons (Fsp3) is 0.105. The Hall–Kier alpha value is -3.46. The summed E-state index contributed by atoms with van der Waals surface area (Å²) in [4.78, 5) is 8.37. The SMILES string of the molecule is N#Cc1ccc(Nc2cc(NCCc3ccc(F)cc3)ncn2)cc1. The average molecular weight is 333 g/mol. The van der Waals surface area contributed by atoms with Gasteiger partial charge in [0.05, 0.1) is 11.6 Å². The third-order valence-corrected chi connectivity index (χ3v) is 3.59. The van der Waals surface area contributed by atoms with Crippen molar-refractivity contribution in [1.82, 2.24) is 9.97 Å². The van der Waals surface area contributed by atoms with Crippen molar-refractivity contribution in [3.05, 3.63) is 77.9 Å². The maximum atomic E-state index is 12.9. The summed E-state index contributed by atoms with van der Waals surface area (Å²) in [6.45, 7) is 0.680. The first kappa shape index (κ1) is 16.4. The Bertz CT molecular complexity index is 870. The fourth-order valence-electron chi connectivity index (χ4n) is 2.28. The summed E-state index contributed by atoms with van der Waals surface area (Å²) < 4.78 is 12.9. The van der Waals surface area contributed by atoms with Gasteiger partial charge in [0.15, 0.2) is 0 Å². The molecule has 0 atom stereocenters. The number of benzene rings is 2.